The van der Waals surface area contributed by atoms with Gasteiger partial charge < -0.3 is 85.0 Å². The lowest BCUT2D eigenvalue weighted by molar-refractivity contribution is -0.333. The van der Waals surface area contributed by atoms with E-state index in [9.17, 15) is 70.9 Å². The van der Waals surface area contributed by atoms with Crippen LogP contribution in [0.5, 0.6) is 5.75 Å². The maximum atomic E-state index is 12.7. The smallest absolute Gasteiger partial charge is 0.352 e. The highest BCUT2D eigenvalue weighted by Gasteiger charge is 2.48. The highest BCUT2D eigenvalue weighted by Crippen LogP contribution is 2.29. The van der Waals surface area contributed by atoms with Crippen LogP contribution in [0.15, 0.2) is 18.2 Å². The molecule has 3 rings (SSSR count). The number of halogens is 2. The number of carboxylic acids is 1. The summed E-state index contributed by atoms with van der Waals surface area (Å²) in [5.41, 5.74) is 0. The zero-order valence-corrected chi connectivity index (χ0v) is 25.5. The summed E-state index contributed by atoms with van der Waals surface area (Å²) in [7, 11) is 0. The topological polar surface area (TPSA) is 323 Å². The van der Waals surface area contributed by atoms with Crippen LogP contribution in [-0.2, 0) is 28.5 Å². The van der Waals surface area contributed by atoms with Crippen LogP contribution >= 0.6 is 23.2 Å². The fourth-order valence-corrected chi connectivity index (χ4v) is 5.00. The Morgan fingerprint density at radius 1 is 0.787 bits per heavy atom. The molecule has 2 saturated heterocycles. The predicted molar refractivity (Wildman–Crippen MR) is 150 cm³/mol. The number of hydrogen-bond acceptors (Lipinski definition) is 18. The summed E-state index contributed by atoms with van der Waals surface area (Å²) >= 11 is 11.7. The van der Waals surface area contributed by atoms with Gasteiger partial charge in [-0.1, -0.05) is 23.2 Å². The van der Waals surface area contributed by atoms with Crippen molar-refractivity contribution in [1.82, 2.24) is 0 Å². The minimum Gasteiger partial charge on any atom is -0.478 e. The second-order valence-corrected chi connectivity index (χ2v) is 11.5. The van der Waals surface area contributed by atoms with E-state index >= 15 is 0 Å². The fourth-order valence-electron chi connectivity index (χ4n) is 4.54. The Hall–Kier alpha value is -1.86. The maximum absolute atomic E-state index is 12.7. The van der Waals surface area contributed by atoms with E-state index in [-0.39, 0.29) is 15.8 Å². The van der Waals surface area contributed by atoms with E-state index in [1.165, 1.54) is 12.1 Å². The number of carbonyl (C=O) groups is 2. The van der Waals surface area contributed by atoms with Crippen molar-refractivity contribution >= 4 is 35.0 Å². The van der Waals surface area contributed by atoms with Gasteiger partial charge in [0, 0.05) is 5.02 Å². The molecule has 0 aromatic heterocycles. The molecule has 2 fully saturated rings. The van der Waals surface area contributed by atoms with Gasteiger partial charge in [0.25, 0.3) is 6.10 Å². The van der Waals surface area contributed by atoms with Crippen molar-refractivity contribution in [1.29, 1.82) is 0 Å². The first-order valence-corrected chi connectivity index (χ1v) is 14.6. The van der Waals surface area contributed by atoms with E-state index in [1.54, 1.807) is 0 Å². The molecule has 1 unspecified atom stereocenters. The molecule has 15 atom stereocenters. The highest BCUT2D eigenvalue weighted by molar-refractivity contribution is 6.35. The molecule has 0 amide bonds. The second-order valence-electron chi connectivity index (χ2n) is 10.7. The fraction of sp³-hybridized carbons (Fsp3) is 0.692. The van der Waals surface area contributed by atoms with Crippen LogP contribution in [0.25, 0.3) is 0 Å². The van der Waals surface area contributed by atoms with Gasteiger partial charge in [0.15, 0.2) is 12.6 Å². The van der Waals surface area contributed by atoms with Crippen LogP contribution in [0.4, 0.5) is 0 Å². The maximum Gasteiger partial charge on any atom is 0.352 e. The summed E-state index contributed by atoms with van der Waals surface area (Å²) < 4.78 is 26.0. The van der Waals surface area contributed by atoms with Crippen LogP contribution in [0.3, 0.4) is 0 Å². The molecule has 0 saturated carbocycles. The number of aliphatic carboxylic acids is 1. The number of ether oxygens (including phenoxy) is 5. The summed E-state index contributed by atoms with van der Waals surface area (Å²) in [6.45, 7) is -2.46. The van der Waals surface area contributed by atoms with E-state index in [4.69, 9.17) is 46.9 Å². The molecule has 1 aromatic carbocycles. The number of carboxylic acid groups (broad SMARTS) is 1. The molecule has 19 nitrogen and oxygen atoms in total. The third kappa shape index (κ3) is 9.44. The third-order valence-electron chi connectivity index (χ3n) is 7.35. The van der Waals surface area contributed by atoms with Crippen molar-refractivity contribution in [3.8, 4) is 5.75 Å². The molecule has 2 aliphatic rings. The molecule has 0 spiro atoms. The zero-order valence-electron chi connectivity index (χ0n) is 24.0. The zero-order chi connectivity index (χ0) is 35.3. The van der Waals surface area contributed by atoms with Crippen LogP contribution in [0, 0.1) is 0 Å². The van der Waals surface area contributed by atoms with Gasteiger partial charge in [0.05, 0.1) is 24.8 Å². The predicted octanol–water partition coefficient (Wildman–Crippen LogP) is -5.52. The lowest BCUT2D eigenvalue weighted by Gasteiger charge is -2.42. The summed E-state index contributed by atoms with van der Waals surface area (Å²) in [6, 6.07) is 3.57. The first kappa shape index (κ1) is 39.6. The van der Waals surface area contributed by atoms with E-state index in [0.717, 1.165) is 6.07 Å². The average Bonchev–Trinajstić information content (AvgIpc) is 3.04. The Morgan fingerprint density at radius 2 is 1.34 bits per heavy atom. The molecule has 2 heterocycles. The second kappa shape index (κ2) is 17.2. The Balaban J connectivity index is 1.58. The molecule has 47 heavy (non-hydrogen) atoms. The van der Waals surface area contributed by atoms with E-state index in [1.807, 2.05) is 0 Å². The monoisotopic (exact) mass is 722 g/mol. The van der Waals surface area contributed by atoms with Gasteiger partial charge in [-0.3, -0.25) is 4.79 Å². The number of benzene rings is 1. The van der Waals surface area contributed by atoms with Crippen LogP contribution in [-0.4, -0.2) is 185 Å². The van der Waals surface area contributed by atoms with E-state index < -0.39 is 124 Å². The molecule has 0 radical (unpaired) electrons. The van der Waals surface area contributed by atoms with Gasteiger partial charge in [-0.05, 0) is 18.2 Å². The Kier molecular flexibility index (Phi) is 14.5. The largest absolute Gasteiger partial charge is 0.478 e. The Morgan fingerprint density at radius 3 is 1.89 bits per heavy atom. The molecule has 2 aliphatic heterocycles. The minimum absolute atomic E-state index is 0.157. The third-order valence-corrected chi connectivity index (χ3v) is 7.88. The van der Waals surface area contributed by atoms with Crippen molar-refractivity contribution < 1.29 is 94.6 Å². The van der Waals surface area contributed by atoms with Gasteiger partial charge >= 0.3 is 5.97 Å². The number of rotatable bonds is 15. The van der Waals surface area contributed by atoms with Crippen molar-refractivity contribution in [3.63, 3.8) is 0 Å². The number of carbonyl (C=O) groups excluding carboxylic acids is 1. The molecule has 1 aromatic rings. The SMILES string of the molecule is O=C(O)C(Oc1ccc(Cl)cc1Cl)C(=O)[C@H](O)[C@@H](O)[C@H](O)[C@H](O)CO[C@H]1O[C@H](CO[C@H]2O[C@H](CO)[C@@H](O)[C@H](O)[C@H]2O)[C@@H](O)[C@H](O)[C@H]1O. The number of hydrogen-bond donors (Lipinski definition) is 12. The molecule has 0 bridgehead atoms. The summed E-state index contributed by atoms with van der Waals surface area (Å²) in [5, 5.41) is 121. The van der Waals surface area contributed by atoms with E-state index in [2.05, 4.69) is 0 Å². The molecule has 12 N–H and O–H groups in total. The number of Topliss-reactive ketones (excluding diaryl/α,β-unsaturated/α-hetero) is 1. The van der Waals surface area contributed by atoms with Crippen molar-refractivity contribution in [2.24, 2.45) is 0 Å². The summed E-state index contributed by atoms with van der Waals surface area (Å²) in [6.07, 6.45) is -29.5. The standard InChI is InChI=1S/C26H36Cl2O19/c27-7-1-2-10(8(28)3-7)45-23(24(41)42)20(38)19(37)16(34)13(31)9(30)5-43-25-22(40)18(36)15(33)12(47-25)6-44-26-21(39)17(35)14(32)11(4-29)46-26/h1-3,9,11-19,21-23,25-26,29-37,39-40H,4-6H2,(H,41,42)/t9-,11-,12-,13-,14-,15-,16+,17+,18+,19-,21-,22-,23?,25+,26+/m1/s1. The first-order chi connectivity index (χ1) is 22.0. The average molecular weight is 723 g/mol. The van der Waals surface area contributed by atoms with Crippen LogP contribution < -0.4 is 4.74 Å². The van der Waals surface area contributed by atoms with Gasteiger partial charge in [-0.2, -0.15) is 0 Å². The molecular formula is C26H36Cl2O19. The van der Waals surface area contributed by atoms with Crippen molar-refractivity contribution in [3.05, 3.63) is 28.2 Å². The van der Waals surface area contributed by atoms with Crippen molar-refractivity contribution in [2.45, 2.75) is 91.9 Å². The first-order valence-electron chi connectivity index (χ1n) is 13.8. The van der Waals surface area contributed by atoms with Gasteiger partial charge in [0.2, 0.25) is 5.78 Å². The van der Waals surface area contributed by atoms with Gasteiger partial charge in [-0.15, -0.1) is 0 Å². The number of aliphatic hydroxyl groups excluding tert-OH is 11. The minimum atomic E-state index is -2.63. The van der Waals surface area contributed by atoms with Gasteiger partial charge in [0.1, 0.15) is 79.0 Å². The molecule has 268 valence electrons. The molecule has 21 heteroatoms. The van der Waals surface area contributed by atoms with Crippen LogP contribution in [0.2, 0.25) is 10.0 Å². The number of aliphatic hydroxyl groups is 11. The quantitative estimate of drug-likeness (QED) is 0.0751. The highest BCUT2D eigenvalue weighted by atomic mass is 35.5. The van der Waals surface area contributed by atoms with Crippen LogP contribution in [0.1, 0.15) is 0 Å². The summed E-state index contributed by atoms with van der Waals surface area (Å²) in [5.74, 6) is -3.86. The molecule has 0 aliphatic carbocycles. The van der Waals surface area contributed by atoms with Crippen molar-refractivity contribution in [2.75, 3.05) is 19.8 Å². The Labute approximate surface area is 275 Å². The normalized spacial score (nSPS) is 34.6. The Bertz CT molecular complexity index is 1190. The van der Waals surface area contributed by atoms with E-state index in [0.29, 0.717) is 0 Å². The van der Waals surface area contributed by atoms with Gasteiger partial charge in [-0.25, -0.2) is 4.79 Å². The lowest BCUT2D eigenvalue weighted by atomic mass is 9.97. The number of ketones is 1. The molecular weight excluding hydrogens is 687 g/mol. The lowest BCUT2D eigenvalue weighted by Crippen LogP contribution is -2.62. The summed E-state index contributed by atoms with van der Waals surface area (Å²) in [4.78, 5) is 24.3.